The van der Waals surface area contributed by atoms with Gasteiger partial charge in [-0.25, -0.2) is 8.42 Å². The van der Waals surface area contributed by atoms with Crippen LogP contribution in [0.4, 0.5) is 5.69 Å². The largest absolute Gasteiger partial charge is 0.354 e. The Hall–Kier alpha value is -2.00. The molecule has 7 nitrogen and oxygen atoms in total. The van der Waals surface area contributed by atoms with Gasteiger partial charge in [0.2, 0.25) is 21.8 Å². The van der Waals surface area contributed by atoms with Crippen LogP contribution in [0.2, 0.25) is 15.1 Å². The number of benzene rings is 2. The van der Waals surface area contributed by atoms with E-state index in [0.29, 0.717) is 27.2 Å². The zero-order chi connectivity index (χ0) is 25.6. The van der Waals surface area contributed by atoms with Crippen LogP contribution in [-0.4, -0.2) is 50.5 Å². The van der Waals surface area contributed by atoms with Gasteiger partial charge >= 0.3 is 0 Å². The number of hydrogen-bond donors (Lipinski definition) is 1. The van der Waals surface area contributed by atoms with Crippen LogP contribution in [0.3, 0.4) is 0 Å². The van der Waals surface area contributed by atoms with E-state index < -0.39 is 28.5 Å². The van der Waals surface area contributed by atoms with Crippen LogP contribution in [-0.2, 0) is 26.2 Å². The second-order valence-electron chi connectivity index (χ2n) is 8.28. The number of sulfonamides is 1. The first-order valence-corrected chi connectivity index (χ1v) is 13.5. The second kappa shape index (κ2) is 12.1. The lowest BCUT2D eigenvalue weighted by atomic mass is 10.1. The summed E-state index contributed by atoms with van der Waals surface area (Å²) in [5.74, 6) is -0.755. The third-order valence-corrected chi connectivity index (χ3v) is 7.14. The fourth-order valence-corrected chi connectivity index (χ4v) is 4.60. The number of carbonyl (C=O) groups excluding carboxylic acids is 2. The molecule has 11 heteroatoms. The summed E-state index contributed by atoms with van der Waals surface area (Å²) in [5.41, 5.74) is 0.730. The quantitative estimate of drug-likeness (QED) is 0.470. The van der Waals surface area contributed by atoms with Crippen molar-refractivity contribution >= 4 is 62.3 Å². The summed E-state index contributed by atoms with van der Waals surface area (Å²) >= 11 is 18.5. The Bertz CT molecular complexity index is 1100. The predicted octanol–water partition coefficient (Wildman–Crippen LogP) is 4.60. The molecule has 186 valence electrons. The summed E-state index contributed by atoms with van der Waals surface area (Å²) in [5, 5.41) is 3.90. The highest BCUT2D eigenvalue weighted by atomic mass is 35.5. The maximum atomic E-state index is 13.5. The molecule has 0 aliphatic rings. The van der Waals surface area contributed by atoms with E-state index in [1.165, 1.54) is 29.2 Å². The number of halogens is 3. The van der Waals surface area contributed by atoms with E-state index in [9.17, 15) is 18.0 Å². The lowest BCUT2D eigenvalue weighted by molar-refractivity contribution is -0.139. The van der Waals surface area contributed by atoms with Gasteiger partial charge in [0.05, 0.1) is 11.9 Å². The third kappa shape index (κ3) is 7.77. The van der Waals surface area contributed by atoms with E-state index in [2.05, 4.69) is 5.32 Å². The summed E-state index contributed by atoms with van der Waals surface area (Å²) in [6, 6.07) is 10.1. The van der Waals surface area contributed by atoms with Crippen molar-refractivity contribution in [2.24, 2.45) is 5.92 Å². The fourth-order valence-electron chi connectivity index (χ4n) is 3.11. The van der Waals surface area contributed by atoms with Gasteiger partial charge in [0.25, 0.3) is 0 Å². The molecule has 2 amide bonds. The van der Waals surface area contributed by atoms with Crippen molar-refractivity contribution < 1.29 is 18.0 Å². The minimum atomic E-state index is -3.83. The number of amides is 2. The molecule has 0 aromatic heterocycles. The minimum Gasteiger partial charge on any atom is -0.354 e. The Balaban J connectivity index is 2.41. The predicted molar refractivity (Wildman–Crippen MR) is 138 cm³/mol. The maximum absolute atomic E-state index is 13.5. The molecule has 0 aliphatic heterocycles. The molecular formula is C23H28Cl3N3O4S. The van der Waals surface area contributed by atoms with E-state index in [4.69, 9.17) is 34.8 Å². The van der Waals surface area contributed by atoms with Crippen LogP contribution in [0.1, 0.15) is 26.3 Å². The maximum Gasteiger partial charge on any atom is 0.244 e. The van der Waals surface area contributed by atoms with Crippen LogP contribution in [0.25, 0.3) is 0 Å². The third-order valence-electron chi connectivity index (χ3n) is 5.04. The van der Waals surface area contributed by atoms with Crippen LogP contribution < -0.4 is 9.62 Å². The molecule has 0 unspecified atom stereocenters. The van der Waals surface area contributed by atoms with E-state index in [0.717, 1.165) is 10.6 Å². The highest BCUT2D eigenvalue weighted by molar-refractivity contribution is 7.92. The van der Waals surface area contributed by atoms with Crippen molar-refractivity contribution in [3.05, 3.63) is 63.1 Å². The topological polar surface area (TPSA) is 86.8 Å². The van der Waals surface area contributed by atoms with Gasteiger partial charge in [-0.05, 0) is 49.2 Å². The summed E-state index contributed by atoms with van der Waals surface area (Å²) in [4.78, 5) is 27.6. The smallest absolute Gasteiger partial charge is 0.244 e. The second-order valence-corrected chi connectivity index (χ2v) is 11.4. The van der Waals surface area contributed by atoms with E-state index in [-0.39, 0.29) is 24.1 Å². The van der Waals surface area contributed by atoms with Crippen molar-refractivity contribution in [3.8, 4) is 0 Å². The SMILES string of the molecule is CC(C)CNC(=O)[C@H](C)N(Cc1c(Cl)cccc1Cl)C(=O)CN(c1ccc(Cl)cc1)S(C)(=O)=O. The fraction of sp³-hybridized carbons (Fsp3) is 0.391. The number of nitrogens with zero attached hydrogens (tertiary/aromatic N) is 2. The van der Waals surface area contributed by atoms with Gasteiger partial charge in [0, 0.05) is 33.7 Å². The molecule has 0 aliphatic carbocycles. The van der Waals surface area contributed by atoms with Gasteiger partial charge < -0.3 is 10.2 Å². The van der Waals surface area contributed by atoms with Crippen LogP contribution in [0.5, 0.6) is 0 Å². The molecule has 0 spiro atoms. The van der Waals surface area contributed by atoms with Crippen molar-refractivity contribution in [2.75, 3.05) is 23.7 Å². The first kappa shape index (κ1) is 28.2. The molecule has 0 fully saturated rings. The molecule has 0 bridgehead atoms. The van der Waals surface area contributed by atoms with E-state index >= 15 is 0 Å². The molecule has 0 saturated carbocycles. The molecule has 34 heavy (non-hydrogen) atoms. The first-order valence-electron chi connectivity index (χ1n) is 10.5. The monoisotopic (exact) mass is 547 g/mol. The van der Waals surface area contributed by atoms with Gasteiger partial charge in [-0.15, -0.1) is 0 Å². The van der Waals surface area contributed by atoms with E-state index in [1.54, 1.807) is 25.1 Å². The van der Waals surface area contributed by atoms with Crippen LogP contribution >= 0.6 is 34.8 Å². The molecule has 2 rings (SSSR count). The summed E-state index contributed by atoms with van der Waals surface area (Å²) in [7, 11) is -3.83. The molecule has 2 aromatic carbocycles. The molecular weight excluding hydrogens is 521 g/mol. The van der Waals surface area contributed by atoms with Gasteiger partial charge in [-0.3, -0.25) is 13.9 Å². The Morgan fingerprint density at radius 1 is 0.971 bits per heavy atom. The molecule has 2 aromatic rings. The Kier molecular flexibility index (Phi) is 10.1. The summed E-state index contributed by atoms with van der Waals surface area (Å²) in [6.45, 7) is 5.31. The van der Waals surface area contributed by atoms with Gasteiger partial charge in [-0.2, -0.15) is 0 Å². The zero-order valence-electron chi connectivity index (χ0n) is 19.4. The molecule has 0 saturated heterocycles. The number of nitrogens with one attached hydrogen (secondary N) is 1. The van der Waals surface area contributed by atoms with Crippen LogP contribution in [0, 0.1) is 5.92 Å². The number of hydrogen-bond acceptors (Lipinski definition) is 4. The molecule has 0 radical (unpaired) electrons. The average Bonchev–Trinajstić information content (AvgIpc) is 2.75. The summed E-state index contributed by atoms with van der Waals surface area (Å²) < 4.78 is 26.0. The number of anilines is 1. The lowest BCUT2D eigenvalue weighted by Gasteiger charge is -2.32. The van der Waals surface area contributed by atoms with E-state index in [1.807, 2.05) is 13.8 Å². The Morgan fingerprint density at radius 2 is 1.53 bits per heavy atom. The molecule has 0 heterocycles. The van der Waals surface area contributed by atoms with Crippen molar-refractivity contribution in [1.82, 2.24) is 10.2 Å². The lowest BCUT2D eigenvalue weighted by Crippen LogP contribution is -2.51. The van der Waals surface area contributed by atoms with Crippen molar-refractivity contribution in [2.45, 2.75) is 33.4 Å². The number of rotatable bonds is 10. The van der Waals surface area contributed by atoms with Gasteiger partial charge in [0.15, 0.2) is 0 Å². The summed E-state index contributed by atoms with van der Waals surface area (Å²) in [6.07, 6.45) is 1.00. The molecule has 1 N–H and O–H groups in total. The zero-order valence-corrected chi connectivity index (χ0v) is 22.5. The Labute approximate surface area is 216 Å². The first-order chi connectivity index (χ1) is 15.8. The van der Waals surface area contributed by atoms with Crippen LogP contribution in [0.15, 0.2) is 42.5 Å². The normalized spacial score (nSPS) is 12.4. The van der Waals surface area contributed by atoms with Crippen molar-refractivity contribution in [1.29, 1.82) is 0 Å². The minimum absolute atomic E-state index is 0.0776. The number of carbonyl (C=O) groups is 2. The average molecular weight is 549 g/mol. The Morgan fingerprint density at radius 3 is 2.03 bits per heavy atom. The highest BCUT2D eigenvalue weighted by Crippen LogP contribution is 2.27. The van der Waals surface area contributed by atoms with Crippen molar-refractivity contribution in [3.63, 3.8) is 0 Å². The molecule has 1 atom stereocenters. The van der Waals surface area contributed by atoms with Gasteiger partial charge in [0.1, 0.15) is 12.6 Å². The highest BCUT2D eigenvalue weighted by Gasteiger charge is 2.31. The van der Waals surface area contributed by atoms with Gasteiger partial charge in [-0.1, -0.05) is 54.7 Å². The standard InChI is InChI=1S/C23H28Cl3N3O4S/c1-15(2)12-27-23(31)16(3)28(13-19-20(25)6-5-7-21(19)26)22(30)14-29(34(4,32)33)18-10-8-17(24)9-11-18/h5-11,15-16H,12-14H2,1-4H3,(H,27,31)/t16-/m0/s1.